The number of hydrogen-bond donors (Lipinski definition) is 2. The molecule has 0 bridgehead atoms. The minimum Gasteiger partial charge on any atom is -0.322 e. The van der Waals surface area contributed by atoms with E-state index in [0.29, 0.717) is 11.6 Å². The molecule has 11 heavy (non-hydrogen) atoms. The number of amidine groups is 1. The van der Waals surface area contributed by atoms with Gasteiger partial charge in [0.05, 0.1) is 12.3 Å². The van der Waals surface area contributed by atoms with Crippen LogP contribution in [0, 0.1) is 0 Å². The zero-order chi connectivity index (χ0) is 8.27. The molecule has 0 aliphatic carbocycles. The molecule has 0 aromatic rings. The number of nitrogens with two attached hydrogens (primary N) is 1. The molecule has 0 spiro atoms. The molecule has 0 saturated carbocycles. The number of thioether (sulfide) groups is 1. The summed E-state index contributed by atoms with van der Waals surface area (Å²) in [5, 5.41) is 2.14. The number of carbonyl (C=O) groups is 2. The zero-order valence-electron chi connectivity index (χ0n) is 5.66. The van der Waals surface area contributed by atoms with Gasteiger partial charge in [-0.25, -0.2) is 0 Å². The first-order valence-corrected chi connectivity index (χ1v) is 3.95. The van der Waals surface area contributed by atoms with Crippen LogP contribution in [-0.2, 0) is 4.79 Å². The Balaban J connectivity index is 2.44. The largest absolute Gasteiger partial charge is 0.322 e. The zero-order valence-corrected chi connectivity index (χ0v) is 6.48. The lowest BCUT2D eigenvalue weighted by molar-refractivity contribution is -0.118. The molecular formula is C5H7N3O2S. The van der Waals surface area contributed by atoms with Crippen molar-refractivity contribution in [3.05, 3.63) is 0 Å². The number of amides is 2. The molecule has 0 radical (unpaired) electrons. The van der Waals surface area contributed by atoms with Crippen molar-refractivity contribution in [3.63, 3.8) is 0 Å². The SMILES string of the molecule is NCC(=O)NC1=NC(=O)SC1. The summed E-state index contributed by atoms with van der Waals surface area (Å²) in [6.45, 7) is -0.0854. The van der Waals surface area contributed by atoms with Crippen LogP contribution < -0.4 is 11.1 Å². The predicted octanol–water partition coefficient (Wildman–Crippen LogP) is -0.673. The van der Waals surface area contributed by atoms with Gasteiger partial charge in [0.1, 0.15) is 5.84 Å². The standard InChI is InChI=1S/C5H7N3O2S/c6-1-4(9)7-3-2-11-5(10)8-3/h1-2,6H2,(H,7,8,9,10). The highest BCUT2D eigenvalue weighted by molar-refractivity contribution is 8.14. The predicted molar refractivity (Wildman–Crippen MR) is 42.5 cm³/mol. The lowest BCUT2D eigenvalue weighted by Crippen LogP contribution is -2.35. The molecule has 6 heteroatoms. The van der Waals surface area contributed by atoms with E-state index in [1.807, 2.05) is 0 Å². The van der Waals surface area contributed by atoms with Crippen molar-refractivity contribution in [2.24, 2.45) is 10.7 Å². The number of aliphatic imine (C=N–C) groups is 1. The van der Waals surface area contributed by atoms with Crippen LogP contribution in [0.15, 0.2) is 4.99 Å². The third kappa shape index (κ3) is 2.32. The van der Waals surface area contributed by atoms with E-state index in [9.17, 15) is 9.59 Å². The summed E-state index contributed by atoms with van der Waals surface area (Å²) in [6, 6.07) is 0. The molecule has 3 N–H and O–H groups in total. The van der Waals surface area contributed by atoms with Gasteiger partial charge < -0.3 is 11.1 Å². The number of nitrogens with one attached hydrogen (secondary N) is 1. The highest BCUT2D eigenvalue weighted by atomic mass is 32.2. The van der Waals surface area contributed by atoms with Gasteiger partial charge in [0.15, 0.2) is 0 Å². The van der Waals surface area contributed by atoms with Gasteiger partial charge >= 0.3 is 5.24 Å². The minimum atomic E-state index is -0.320. The summed E-state index contributed by atoms with van der Waals surface area (Å²) in [5.41, 5.74) is 5.03. The van der Waals surface area contributed by atoms with Crippen LogP contribution in [-0.4, -0.2) is 29.3 Å². The van der Waals surface area contributed by atoms with Crippen LogP contribution in [0.25, 0.3) is 0 Å². The molecule has 0 saturated heterocycles. The third-order valence-electron chi connectivity index (χ3n) is 1.03. The fourth-order valence-corrected chi connectivity index (χ4v) is 1.15. The summed E-state index contributed by atoms with van der Waals surface area (Å²) in [4.78, 5) is 24.7. The first-order valence-electron chi connectivity index (χ1n) is 2.96. The Hall–Kier alpha value is -0.880. The van der Waals surface area contributed by atoms with Crippen molar-refractivity contribution in [2.75, 3.05) is 12.3 Å². The van der Waals surface area contributed by atoms with Crippen LogP contribution in [0.3, 0.4) is 0 Å². The molecule has 60 valence electrons. The fraction of sp³-hybridized carbons (Fsp3) is 0.400. The van der Waals surface area contributed by atoms with Crippen LogP contribution >= 0.6 is 11.8 Å². The average molecular weight is 173 g/mol. The smallest absolute Gasteiger partial charge is 0.306 e. The fourth-order valence-electron chi connectivity index (χ4n) is 0.581. The highest BCUT2D eigenvalue weighted by Gasteiger charge is 2.15. The average Bonchev–Trinajstić information content (AvgIpc) is 2.35. The maximum Gasteiger partial charge on any atom is 0.306 e. The maximum atomic E-state index is 10.6. The Morgan fingerprint density at radius 3 is 3.00 bits per heavy atom. The molecular weight excluding hydrogens is 166 g/mol. The molecule has 0 aromatic heterocycles. The van der Waals surface area contributed by atoms with Gasteiger partial charge in [-0.05, 0) is 0 Å². The van der Waals surface area contributed by atoms with E-state index in [0.717, 1.165) is 11.8 Å². The third-order valence-corrected chi connectivity index (χ3v) is 1.78. The molecule has 5 nitrogen and oxygen atoms in total. The maximum absolute atomic E-state index is 10.6. The first-order chi connectivity index (χ1) is 5.22. The second-order valence-electron chi connectivity index (χ2n) is 1.87. The van der Waals surface area contributed by atoms with E-state index in [-0.39, 0.29) is 17.7 Å². The second kappa shape index (κ2) is 3.49. The number of nitrogens with zero attached hydrogens (tertiary/aromatic N) is 1. The van der Waals surface area contributed by atoms with E-state index in [1.54, 1.807) is 0 Å². The summed E-state index contributed by atoms with van der Waals surface area (Å²) >= 11 is 1.06. The monoisotopic (exact) mass is 173 g/mol. The van der Waals surface area contributed by atoms with E-state index in [1.165, 1.54) is 0 Å². The van der Waals surface area contributed by atoms with Crippen LogP contribution in [0.5, 0.6) is 0 Å². The van der Waals surface area contributed by atoms with Crippen molar-refractivity contribution < 1.29 is 9.59 Å². The first kappa shape index (κ1) is 8.22. The Morgan fingerprint density at radius 1 is 1.82 bits per heavy atom. The second-order valence-corrected chi connectivity index (χ2v) is 2.79. The molecule has 0 fully saturated rings. The van der Waals surface area contributed by atoms with Crippen LogP contribution in [0.2, 0.25) is 0 Å². The number of hydrogen-bond acceptors (Lipinski definition) is 4. The Morgan fingerprint density at radius 2 is 2.55 bits per heavy atom. The molecule has 1 aliphatic heterocycles. The summed E-state index contributed by atoms with van der Waals surface area (Å²) in [5.74, 6) is 0.513. The molecule has 0 unspecified atom stereocenters. The quantitative estimate of drug-likeness (QED) is 0.550. The van der Waals surface area contributed by atoms with E-state index in [4.69, 9.17) is 5.73 Å². The lowest BCUT2D eigenvalue weighted by atomic mass is 10.5. The van der Waals surface area contributed by atoms with Crippen molar-refractivity contribution in [3.8, 4) is 0 Å². The van der Waals surface area contributed by atoms with E-state index < -0.39 is 0 Å². The number of rotatable bonds is 1. The van der Waals surface area contributed by atoms with Crippen molar-refractivity contribution in [2.45, 2.75) is 0 Å². The summed E-state index contributed by atoms with van der Waals surface area (Å²) < 4.78 is 0. The molecule has 0 aromatic carbocycles. The van der Waals surface area contributed by atoms with Gasteiger partial charge in [-0.15, -0.1) is 0 Å². The van der Waals surface area contributed by atoms with E-state index in [2.05, 4.69) is 10.3 Å². The highest BCUT2D eigenvalue weighted by Crippen LogP contribution is 2.11. The van der Waals surface area contributed by atoms with Crippen molar-refractivity contribution >= 4 is 28.7 Å². The van der Waals surface area contributed by atoms with Gasteiger partial charge in [-0.1, -0.05) is 11.8 Å². The van der Waals surface area contributed by atoms with Gasteiger partial charge in [0, 0.05) is 0 Å². The minimum absolute atomic E-state index is 0.0854. The summed E-state index contributed by atoms with van der Waals surface area (Å²) in [6.07, 6.45) is 0. The van der Waals surface area contributed by atoms with Crippen LogP contribution in [0.4, 0.5) is 4.79 Å². The van der Waals surface area contributed by atoms with Crippen molar-refractivity contribution in [1.82, 2.24) is 5.32 Å². The van der Waals surface area contributed by atoms with Gasteiger partial charge in [0.2, 0.25) is 5.91 Å². The van der Waals surface area contributed by atoms with E-state index >= 15 is 0 Å². The van der Waals surface area contributed by atoms with Crippen molar-refractivity contribution in [1.29, 1.82) is 0 Å². The van der Waals surface area contributed by atoms with Gasteiger partial charge in [-0.2, -0.15) is 4.99 Å². The lowest BCUT2D eigenvalue weighted by Gasteiger charge is -1.98. The Kier molecular flexibility index (Phi) is 2.61. The molecule has 2 amide bonds. The topological polar surface area (TPSA) is 84.6 Å². The van der Waals surface area contributed by atoms with Crippen LogP contribution in [0.1, 0.15) is 0 Å². The Labute approximate surface area is 67.4 Å². The van der Waals surface area contributed by atoms with Gasteiger partial charge in [0.25, 0.3) is 0 Å². The number of carbonyl (C=O) groups excluding carboxylic acids is 2. The van der Waals surface area contributed by atoms with Gasteiger partial charge in [-0.3, -0.25) is 9.59 Å². The molecule has 1 heterocycles. The molecule has 1 aliphatic rings. The molecule has 0 atom stereocenters. The Bertz CT molecular complexity index is 226. The summed E-state index contributed by atoms with van der Waals surface area (Å²) in [7, 11) is 0. The normalized spacial score (nSPS) is 16.5. The molecule has 1 rings (SSSR count).